The van der Waals surface area contributed by atoms with Crippen LogP contribution in [0.2, 0.25) is 0 Å². The highest BCUT2D eigenvalue weighted by molar-refractivity contribution is 5.96. The van der Waals surface area contributed by atoms with Crippen LogP contribution in [-0.2, 0) is 6.42 Å². The molecule has 0 aliphatic rings. The number of nitrogens with one attached hydrogen (secondary N) is 1. The van der Waals surface area contributed by atoms with Gasteiger partial charge in [0.25, 0.3) is 5.91 Å². The molecule has 1 N–H and O–H groups in total. The molecule has 0 aliphatic carbocycles. The zero-order chi connectivity index (χ0) is 17.9. The second-order valence-electron chi connectivity index (χ2n) is 6.71. The molecular formula is C19H26FN3O. The molecule has 0 bridgehead atoms. The van der Waals surface area contributed by atoms with Crippen molar-refractivity contribution in [3.05, 3.63) is 47.0 Å². The van der Waals surface area contributed by atoms with Crippen molar-refractivity contribution in [3.63, 3.8) is 0 Å². The fourth-order valence-corrected chi connectivity index (χ4v) is 2.63. The number of carbonyl (C=O) groups excluding carboxylic acids is 1. The Balaban J connectivity index is 2.52. The van der Waals surface area contributed by atoms with Crippen molar-refractivity contribution in [1.82, 2.24) is 15.1 Å². The van der Waals surface area contributed by atoms with Gasteiger partial charge in [0.1, 0.15) is 5.82 Å². The van der Waals surface area contributed by atoms with Crippen molar-refractivity contribution >= 4 is 5.91 Å². The Kier molecular flexibility index (Phi) is 5.75. The standard InChI is InChI=1S/C19H26FN3O/c1-6-16-17(19(24)21-11-12(2)3)18(13(4)5)22-23(16)15-9-7-14(20)8-10-15/h7-10,12-13H,6,11H2,1-5H3,(H,21,24). The maximum absolute atomic E-state index is 13.2. The van der Waals surface area contributed by atoms with E-state index < -0.39 is 0 Å². The lowest BCUT2D eigenvalue weighted by Gasteiger charge is -2.11. The van der Waals surface area contributed by atoms with Crippen LogP contribution in [0.1, 0.15) is 62.3 Å². The normalized spacial score (nSPS) is 11.3. The largest absolute Gasteiger partial charge is 0.352 e. The van der Waals surface area contributed by atoms with Crippen LogP contribution >= 0.6 is 0 Å². The Hall–Kier alpha value is -2.17. The molecule has 5 heteroatoms. The number of halogens is 1. The van der Waals surface area contributed by atoms with Crippen LogP contribution in [0.3, 0.4) is 0 Å². The number of benzene rings is 1. The Morgan fingerprint density at radius 1 is 1.21 bits per heavy atom. The van der Waals surface area contributed by atoms with E-state index in [0.717, 1.165) is 17.1 Å². The molecule has 24 heavy (non-hydrogen) atoms. The average molecular weight is 331 g/mol. The van der Waals surface area contributed by atoms with Gasteiger partial charge in [-0.2, -0.15) is 5.10 Å². The van der Waals surface area contributed by atoms with Gasteiger partial charge in [-0.1, -0.05) is 34.6 Å². The van der Waals surface area contributed by atoms with Crippen molar-refractivity contribution in [2.75, 3.05) is 6.54 Å². The van der Waals surface area contributed by atoms with Crippen LogP contribution < -0.4 is 5.32 Å². The summed E-state index contributed by atoms with van der Waals surface area (Å²) in [6.07, 6.45) is 0.668. The minimum Gasteiger partial charge on any atom is -0.352 e. The lowest BCUT2D eigenvalue weighted by atomic mass is 10.0. The maximum atomic E-state index is 13.2. The van der Waals surface area contributed by atoms with Crippen LogP contribution in [-0.4, -0.2) is 22.2 Å². The molecule has 0 atom stereocenters. The zero-order valence-corrected chi connectivity index (χ0v) is 15.1. The fraction of sp³-hybridized carbons (Fsp3) is 0.474. The van der Waals surface area contributed by atoms with E-state index in [1.54, 1.807) is 16.8 Å². The van der Waals surface area contributed by atoms with Gasteiger partial charge < -0.3 is 5.32 Å². The lowest BCUT2D eigenvalue weighted by molar-refractivity contribution is 0.0946. The molecule has 0 aliphatic heterocycles. The number of nitrogens with zero attached hydrogens (tertiary/aromatic N) is 2. The highest BCUT2D eigenvalue weighted by Crippen LogP contribution is 2.25. The Bertz CT molecular complexity index is 702. The molecule has 1 aromatic heterocycles. The first kappa shape index (κ1) is 18.2. The Morgan fingerprint density at radius 2 is 1.83 bits per heavy atom. The predicted octanol–water partition coefficient (Wildman–Crippen LogP) is 4.08. The molecule has 1 amide bonds. The smallest absolute Gasteiger partial charge is 0.255 e. The first-order valence-electron chi connectivity index (χ1n) is 8.51. The van der Waals surface area contributed by atoms with Gasteiger partial charge in [-0.15, -0.1) is 0 Å². The van der Waals surface area contributed by atoms with Gasteiger partial charge in [0.2, 0.25) is 0 Å². The number of rotatable bonds is 6. The molecule has 0 unspecified atom stereocenters. The summed E-state index contributed by atoms with van der Waals surface area (Å²) in [4.78, 5) is 12.7. The fourth-order valence-electron chi connectivity index (χ4n) is 2.63. The maximum Gasteiger partial charge on any atom is 0.255 e. The first-order valence-corrected chi connectivity index (χ1v) is 8.51. The summed E-state index contributed by atoms with van der Waals surface area (Å²) in [5, 5.41) is 7.65. The van der Waals surface area contributed by atoms with E-state index in [1.807, 2.05) is 20.8 Å². The highest BCUT2D eigenvalue weighted by Gasteiger charge is 2.25. The summed E-state index contributed by atoms with van der Waals surface area (Å²) < 4.78 is 15.0. The number of hydrogen-bond acceptors (Lipinski definition) is 2. The van der Waals surface area contributed by atoms with Gasteiger partial charge >= 0.3 is 0 Å². The van der Waals surface area contributed by atoms with Crippen molar-refractivity contribution in [2.24, 2.45) is 5.92 Å². The number of aromatic nitrogens is 2. The van der Waals surface area contributed by atoms with Crippen molar-refractivity contribution in [1.29, 1.82) is 0 Å². The predicted molar refractivity (Wildman–Crippen MR) is 94.2 cm³/mol. The summed E-state index contributed by atoms with van der Waals surface area (Å²) in [5.74, 6) is 0.131. The quantitative estimate of drug-likeness (QED) is 0.867. The van der Waals surface area contributed by atoms with Gasteiger partial charge in [0.15, 0.2) is 0 Å². The van der Waals surface area contributed by atoms with E-state index in [4.69, 9.17) is 0 Å². The second-order valence-corrected chi connectivity index (χ2v) is 6.71. The molecule has 4 nitrogen and oxygen atoms in total. The first-order chi connectivity index (χ1) is 11.3. The lowest BCUT2D eigenvalue weighted by Crippen LogP contribution is -2.28. The number of amides is 1. The van der Waals surface area contributed by atoms with Crippen molar-refractivity contribution < 1.29 is 9.18 Å². The average Bonchev–Trinajstić information content (AvgIpc) is 2.93. The molecule has 0 fully saturated rings. The molecule has 1 heterocycles. The summed E-state index contributed by atoms with van der Waals surface area (Å²) >= 11 is 0. The molecule has 0 saturated carbocycles. The van der Waals surface area contributed by atoms with Crippen molar-refractivity contribution in [2.45, 2.75) is 47.0 Å². The van der Waals surface area contributed by atoms with E-state index in [1.165, 1.54) is 12.1 Å². The summed E-state index contributed by atoms with van der Waals surface area (Å²) in [7, 11) is 0. The molecule has 2 aromatic rings. The van der Waals surface area contributed by atoms with Crippen LogP contribution in [0, 0.1) is 11.7 Å². The van der Waals surface area contributed by atoms with Crippen LogP contribution in [0.25, 0.3) is 5.69 Å². The monoisotopic (exact) mass is 331 g/mol. The van der Waals surface area contributed by atoms with E-state index in [0.29, 0.717) is 24.4 Å². The molecular weight excluding hydrogens is 305 g/mol. The van der Waals surface area contributed by atoms with Gasteiger partial charge in [-0.05, 0) is 42.5 Å². The topological polar surface area (TPSA) is 46.9 Å². The third-order valence-electron chi connectivity index (χ3n) is 3.86. The van der Waals surface area contributed by atoms with E-state index in [2.05, 4.69) is 24.3 Å². The molecule has 1 aromatic carbocycles. The van der Waals surface area contributed by atoms with E-state index in [-0.39, 0.29) is 17.6 Å². The van der Waals surface area contributed by atoms with Crippen LogP contribution in [0.5, 0.6) is 0 Å². The molecule has 0 spiro atoms. The van der Waals surface area contributed by atoms with Crippen molar-refractivity contribution in [3.8, 4) is 5.69 Å². The second kappa shape index (κ2) is 7.60. The Morgan fingerprint density at radius 3 is 2.33 bits per heavy atom. The van der Waals surface area contributed by atoms with Crippen LogP contribution in [0.15, 0.2) is 24.3 Å². The summed E-state index contributed by atoms with van der Waals surface area (Å²) in [5.41, 5.74) is 3.04. The molecule has 0 radical (unpaired) electrons. The molecule has 0 saturated heterocycles. The van der Waals surface area contributed by atoms with Crippen LogP contribution in [0.4, 0.5) is 4.39 Å². The zero-order valence-electron chi connectivity index (χ0n) is 15.1. The molecule has 2 rings (SSSR count). The minimum absolute atomic E-state index is 0.0855. The summed E-state index contributed by atoms with van der Waals surface area (Å²) in [6.45, 7) is 10.8. The van der Waals surface area contributed by atoms with Gasteiger partial charge in [0.05, 0.1) is 22.6 Å². The summed E-state index contributed by atoms with van der Waals surface area (Å²) in [6, 6.07) is 6.18. The van der Waals surface area contributed by atoms with Gasteiger partial charge in [0, 0.05) is 6.54 Å². The number of carbonyl (C=O) groups is 1. The third kappa shape index (κ3) is 3.83. The van der Waals surface area contributed by atoms with Gasteiger partial charge in [-0.25, -0.2) is 9.07 Å². The SMILES string of the molecule is CCc1c(C(=O)NCC(C)C)c(C(C)C)nn1-c1ccc(F)cc1. The number of hydrogen-bond donors (Lipinski definition) is 1. The van der Waals surface area contributed by atoms with E-state index in [9.17, 15) is 9.18 Å². The Labute approximate surface area is 143 Å². The minimum atomic E-state index is -0.289. The highest BCUT2D eigenvalue weighted by atomic mass is 19.1. The third-order valence-corrected chi connectivity index (χ3v) is 3.86. The van der Waals surface area contributed by atoms with E-state index >= 15 is 0 Å². The molecule has 130 valence electrons. The van der Waals surface area contributed by atoms with Gasteiger partial charge in [-0.3, -0.25) is 4.79 Å².